The highest BCUT2D eigenvalue weighted by atomic mass is 32.2. The monoisotopic (exact) mass is 497 g/mol. The lowest BCUT2D eigenvalue weighted by Gasteiger charge is -2.26. The summed E-state index contributed by atoms with van der Waals surface area (Å²) in [5, 5.41) is 4.40. The molecule has 0 unspecified atom stereocenters. The van der Waals surface area contributed by atoms with Gasteiger partial charge in [-0.05, 0) is 36.7 Å². The molecule has 1 fully saturated rings. The average molecular weight is 498 g/mol. The third-order valence-corrected chi connectivity index (χ3v) is 8.39. The molecule has 1 saturated heterocycles. The van der Waals surface area contributed by atoms with Gasteiger partial charge >= 0.3 is 0 Å². The quantitative estimate of drug-likeness (QED) is 0.510. The Labute approximate surface area is 199 Å². The van der Waals surface area contributed by atoms with Crippen molar-refractivity contribution in [1.82, 2.24) is 9.21 Å². The van der Waals surface area contributed by atoms with Crippen molar-refractivity contribution in [3.8, 4) is 11.5 Å². The lowest BCUT2D eigenvalue weighted by molar-refractivity contribution is 0.0730. The number of hydrogen-bond donors (Lipinski definition) is 1. The number of carbonyl (C=O) groups is 1. The SMILES string of the molecule is CCN(CC)CCOc1cc(NC(=O)c2sccc2S(=O)(=O)N2CCOCC2)ccc1OC. The van der Waals surface area contributed by atoms with Crippen LogP contribution in [0.3, 0.4) is 0 Å². The fourth-order valence-electron chi connectivity index (χ4n) is 3.47. The Bertz CT molecular complexity index is 1030. The summed E-state index contributed by atoms with van der Waals surface area (Å²) < 4.78 is 44.0. The first-order chi connectivity index (χ1) is 15.9. The van der Waals surface area contributed by atoms with E-state index in [1.54, 1.807) is 30.7 Å². The van der Waals surface area contributed by atoms with E-state index < -0.39 is 15.9 Å². The summed E-state index contributed by atoms with van der Waals surface area (Å²) in [6.45, 7) is 8.52. The summed E-state index contributed by atoms with van der Waals surface area (Å²) in [5.74, 6) is 0.574. The summed E-state index contributed by atoms with van der Waals surface area (Å²) in [6.07, 6.45) is 0. The highest BCUT2D eigenvalue weighted by molar-refractivity contribution is 7.89. The number of carbonyl (C=O) groups excluding carboxylic acids is 1. The normalized spacial score (nSPS) is 14.9. The molecule has 9 nitrogen and oxygen atoms in total. The van der Waals surface area contributed by atoms with Gasteiger partial charge < -0.3 is 24.4 Å². The maximum Gasteiger partial charge on any atom is 0.267 e. The molecule has 0 saturated carbocycles. The van der Waals surface area contributed by atoms with Gasteiger partial charge in [0.2, 0.25) is 10.0 Å². The highest BCUT2D eigenvalue weighted by Crippen LogP contribution is 2.32. The number of benzene rings is 1. The molecule has 0 radical (unpaired) electrons. The van der Waals surface area contributed by atoms with Gasteiger partial charge in [0.15, 0.2) is 11.5 Å². The standard InChI is InChI=1S/C22H31N3O6S2/c1-4-24(5-2)9-14-31-19-16-17(6-7-18(19)29-3)23-22(26)21-20(8-15-32-21)33(27,28)25-10-12-30-13-11-25/h6-8,15-16H,4-5,9-14H2,1-3H3,(H,23,26). The van der Waals surface area contributed by atoms with Gasteiger partial charge in [-0.2, -0.15) is 4.31 Å². The van der Waals surface area contributed by atoms with Crippen molar-refractivity contribution in [3.63, 3.8) is 0 Å². The van der Waals surface area contributed by atoms with Crippen molar-refractivity contribution < 1.29 is 27.4 Å². The molecular formula is C22H31N3O6S2. The number of anilines is 1. The van der Waals surface area contributed by atoms with Crippen LogP contribution in [0.5, 0.6) is 11.5 Å². The summed E-state index contributed by atoms with van der Waals surface area (Å²) >= 11 is 1.09. The molecule has 1 aromatic heterocycles. The van der Waals surface area contributed by atoms with Crippen molar-refractivity contribution in [2.24, 2.45) is 0 Å². The molecule has 1 aliphatic heterocycles. The molecular weight excluding hydrogens is 466 g/mol. The number of morpholine rings is 1. The molecule has 1 aliphatic rings. The van der Waals surface area contributed by atoms with Gasteiger partial charge in [-0.25, -0.2) is 8.42 Å². The topological polar surface area (TPSA) is 97.4 Å². The van der Waals surface area contributed by atoms with E-state index in [2.05, 4.69) is 24.1 Å². The van der Waals surface area contributed by atoms with E-state index in [1.165, 1.54) is 10.4 Å². The largest absolute Gasteiger partial charge is 0.493 e. The lowest BCUT2D eigenvalue weighted by atomic mass is 10.2. The Morgan fingerprint density at radius 3 is 2.58 bits per heavy atom. The minimum Gasteiger partial charge on any atom is -0.493 e. The third kappa shape index (κ3) is 6.24. The van der Waals surface area contributed by atoms with Gasteiger partial charge in [-0.15, -0.1) is 11.3 Å². The van der Waals surface area contributed by atoms with Crippen LogP contribution >= 0.6 is 11.3 Å². The Morgan fingerprint density at radius 1 is 1.18 bits per heavy atom. The van der Waals surface area contributed by atoms with E-state index in [4.69, 9.17) is 14.2 Å². The van der Waals surface area contributed by atoms with Crippen molar-refractivity contribution in [3.05, 3.63) is 34.5 Å². The molecule has 1 aromatic carbocycles. The first-order valence-electron chi connectivity index (χ1n) is 10.9. The first-order valence-corrected chi connectivity index (χ1v) is 13.2. The third-order valence-electron chi connectivity index (χ3n) is 5.40. The van der Waals surface area contributed by atoms with E-state index in [1.807, 2.05) is 0 Å². The molecule has 3 rings (SSSR count). The smallest absolute Gasteiger partial charge is 0.267 e. The molecule has 0 bridgehead atoms. The van der Waals surface area contributed by atoms with E-state index in [0.29, 0.717) is 37.0 Å². The summed E-state index contributed by atoms with van der Waals surface area (Å²) in [6, 6.07) is 6.56. The van der Waals surface area contributed by atoms with Crippen LogP contribution in [-0.2, 0) is 14.8 Å². The van der Waals surface area contributed by atoms with E-state index in [9.17, 15) is 13.2 Å². The molecule has 2 aromatic rings. The maximum absolute atomic E-state index is 13.0. The van der Waals surface area contributed by atoms with Crippen LogP contribution in [0.25, 0.3) is 0 Å². The van der Waals surface area contributed by atoms with Gasteiger partial charge in [-0.3, -0.25) is 4.79 Å². The van der Waals surface area contributed by atoms with E-state index in [-0.39, 0.29) is 22.9 Å². The number of amides is 1. The van der Waals surface area contributed by atoms with Crippen LogP contribution in [0.2, 0.25) is 0 Å². The van der Waals surface area contributed by atoms with Gasteiger partial charge in [-0.1, -0.05) is 13.8 Å². The molecule has 11 heteroatoms. The second-order valence-corrected chi connectivity index (χ2v) is 10.1. The zero-order valence-electron chi connectivity index (χ0n) is 19.2. The second kappa shape index (κ2) is 11.8. The predicted octanol–water partition coefficient (Wildman–Crippen LogP) is 2.75. The number of sulfonamides is 1. The number of ether oxygens (including phenoxy) is 3. The van der Waals surface area contributed by atoms with Gasteiger partial charge in [0.1, 0.15) is 16.4 Å². The molecule has 1 N–H and O–H groups in total. The fraction of sp³-hybridized carbons (Fsp3) is 0.500. The zero-order valence-corrected chi connectivity index (χ0v) is 20.8. The van der Waals surface area contributed by atoms with Crippen molar-refractivity contribution >= 4 is 33.0 Å². The van der Waals surface area contributed by atoms with E-state index in [0.717, 1.165) is 31.0 Å². The predicted molar refractivity (Wildman–Crippen MR) is 128 cm³/mol. The Balaban J connectivity index is 1.74. The molecule has 33 heavy (non-hydrogen) atoms. The number of rotatable bonds is 11. The Morgan fingerprint density at radius 2 is 1.91 bits per heavy atom. The zero-order chi connectivity index (χ0) is 23.8. The summed E-state index contributed by atoms with van der Waals surface area (Å²) in [7, 11) is -2.22. The van der Waals surface area contributed by atoms with Crippen LogP contribution in [0, 0.1) is 0 Å². The second-order valence-electron chi connectivity index (χ2n) is 7.33. The number of nitrogens with zero attached hydrogens (tertiary/aromatic N) is 2. The summed E-state index contributed by atoms with van der Waals surface area (Å²) in [5.41, 5.74) is 0.488. The van der Waals surface area contributed by atoms with Gasteiger partial charge in [0, 0.05) is 31.4 Å². The average Bonchev–Trinajstić information content (AvgIpc) is 3.34. The van der Waals surface area contributed by atoms with Crippen LogP contribution in [-0.4, -0.2) is 83.2 Å². The van der Waals surface area contributed by atoms with E-state index >= 15 is 0 Å². The van der Waals surface area contributed by atoms with Crippen LogP contribution in [0.4, 0.5) is 5.69 Å². The number of hydrogen-bond acceptors (Lipinski definition) is 8. The lowest BCUT2D eigenvalue weighted by Crippen LogP contribution is -2.41. The number of thiophene rings is 1. The van der Waals surface area contributed by atoms with Crippen molar-refractivity contribution in [2.45, 2.75) is 18.7 Å². The van der Waals surface area contributed by atoms with Crippen molar-refractivity contribution in [2.75, 3.05) is 65.0 Å². The number of likely N-dealkylation sites (N-methyl/N-ethyl adjacent to an activating group) is 1. The van der Waals surface area contributed by atoms with Crippen LogP contribution < -0.4 is 14.8 Å². The molecule has 182 valence electrons. The maximum atomic E-state index is 13.0. The minimum atomic E-state index is -3.78. The van der Waals surface area contributed by atoms with Crippen LogP contribution in [0.15, 0.2) is 34.5 Å². The number of nitrogens with one attached hydrogen (secondary N) is 1. The molecule has 0 aliphatic carbocycles. The van der Waals surface area contributed by atoms with Crippen LogP contribution in [0.1, 0.15) is 23.5 Å². The molecule has 0 spiro atoms. The molecule has 0 atom stereocenters. The Kier molecular flexibility index (Phi) is 9.10. The highest BCUT2D eigenvalue weighted by Gasteiger charge is 2.31. The van der Waals surface area contributed by atoms with Crippen molar-refractivity contribution in [1.29, 1.82) is 0 Å². The minimum absolute atomic E-state index is 0.0103. The fourth-order valence-corrected chi connectivity index (χ4v) is 6.18. The first kappa shape index (κ1) is 25.4. The van der Waals surface area contributed by atoms with Gasteiger partial charge in [0.25, 0.3) is 5.91 Å². The molecule has 1 amide bonds. The Hall–Kier alpha value is -2.18. The summed E-state index contributed by atoms with van der Waals surface area (Å²) in [4.78, 5) is 15.4. The molecule has 2 heterocycles. The van der Waals surface area contributed by atoms with Gasteiger partial charge in [0.05, 0.1) is 20.3 Å². The number of methoxy groups -OCH3 is 1.